The summed E-state index contributed by atoms with van der Waals surface area (Å²) < 4.78 is 32.9. The number of hydrogen-bond acceptors (Lipinski definition) is 3. The first kappa shape index (κ1) is 18.1. The summed E-state index contributed by atoms with van der Waals surface area (Å²) in [6.45, 7) is 7.95. The van der Waals surface area contributed by atoms with Gasteiger partial charge in [-0.15, -0.1) is 0 Å². The highest BCUT2D eigenvalue weighted by molar-refractivity contribution is 9.10. The van der Waals surface area contributed by atoms with Gasteiger partial charge in [-0.25, -0.2) is 13.6 Å². The first-order valence-electron chi connectivity index (χ1n) is 7.50. The second-order valence-electron chi connectivity index (χ2n) is 6.57. The zero-order valence-electron chi connectivity index (χ0n) is 13.5. The summed E-state index contributed by atoms with van der Waals surface area (Å²) in [5.74, 6) is -0.915. The van der Waals surface area contributed by atoms with Gasteiger partial charge in [-0.3, -0.25) is 4.90 Å². The van der Waals surface area contributed by atoms with Crippen LogP contribution in [0.4, 0.5) is 13.6 Å². The van der Waals surface area contributed by atoms with Crippen molar-refractivity contribution in [3.05, 3.63) is 33.8 Å². The standard InChI is InChI=1S/C16H21BrF2N2O2/c1-16(2,3)23-15(22)21-8-6-20(7-9-21)10-11-12(18)4-5-13(19)14(11)17/h4-5H,6-10H2,1-3H3. The minimum absolute atomic E-state index is 0.159. The van der Waals surface area contributed by atoms with E-state index in [1.54, 1.807) is 4.90 Å². The summed E-state index contributed by atoms with van der Waals surface area (Å²) in [7, 11) is 0. The van der Waals surface area contributed by atoms with Crippen LogP contribution >= 0.6 is 15.9 Å². The molecule has 1 aromatic rings. The van der Waals surface area contributed by atoms with Crippen LogP contribution in [-0.4, -0.2) is 47.7 Å². The van der Waals surface area contributed by atoms with Crippen LogP contribution in [0, 0.1) is 11.6 Å². The topological polar surface area (TPSA) is 32.8 Å². The van der Waals surface area contributed by atoms with E-state index < -0.39 is 17.2 Å². The lowest BCUT2D eigenvalue weighted by Gasteiger charge is -2.35. The molecule has 23 heavy (non-hydrogen) atoms. The highest BCUT2D eigenvalue weighted by Crippen LogP contribution is 2.25. The Hall–Kier alpha value is -1.21. The molecular weight excluding hydrogens is 370 g/mol. The number of carbonyl (C=O) groups excluding carboxylic acids is 1. The quantitative estimate of drug-likeness (QED) is 0.720. The van der Waals surface area contributed by atoms with Crippen LogP contribution < -0.4 is 0 Å². The summed E-state index contributed by atoms with van der Waals surface area (Å²) in [5, 5.41) is 0. The molecule has 1 saturated heterocycles. The van der Waals surface area contributed by atoms with Crippen LogP contribution in [0.1, 0.15) is 26.3 Å². The van der Waals surface area contributed by atoms with Gasteiger partial charge in [0.1, 0.15) is 17.2 Å². The molecule has 0 aliphatic carbocycles. The lowest BCUT2D eigenvalue weighted by Crippen LogP contribution is -2.49. The summed E-state index contributed by atoms with van der Waals surface area (Å²) in [6.07, 6.45) is -0.338. The van der Waals surface area contributed by atoms with Crippen molar-refractivity contribution in [3.8, 4) is 0 Å². The summed E-state index contributed by atoms with van der Waals surface area (Å²) in [6, 6.07) is 2.23. The molecule has 0 unspecified atom stereocenters. The molecule has 0 spiro atoms. The van der Waals surface area contributed by atoms with Crippen molar-refractivity contribution >= 4 is 22.0 Å². The third-order valence-electron chi connectivity index (χ3n) is 3.54. The number of ether oxygens (including phenoxy) is 1. The first-order valence-corrected chi connectivity index (χ1v) is 8.29. The van der Waals surface area contributed by atoms with Crippen molar-refractivity contribution < 1.29 is 18.3 Å². The average molecular weight is 391 g/mol. The Morgan fingerprint density at radius 1 is 1.17 bits per heavy atom. The molecule has 1 aliphatic heterocycles. The number of halogens is 3. The van der Waals surface area contributed by atoms with Gasteiger partial charge in [0, 0.05) is 38.3 Å². The molecule has 1 aliphatic rings. The normalized spacial score (nSPS) is 16.5. The van der Waals surface area contributed by atoms with Crippen molar-refractivity contribution in [1.29, 1.82) is 0 Å². The van der Waals surface area contributed by atoms with Gasteiger partial charge in [-0.2, -0.15) is 0 Å². The van der Waals surface area contributed by atoms with E-state index >= 15 is 0 Å². The van der Waals surface area contributed by atoms with Crippen LogP contribution in [0.3, 0.4) is 0 Å². The van der Waals surface area contributed by atoms with Crippen molar-refractivity contribution in [3.63, 3.8) is 0 Å². The Kier molecular flexibility index (Phi) is 5.62. The maximum absolute atomic E-state index is 13.9. The van der Waals surface area contributed by atoms with Crippen LogP contribution in [-0.2, 0) is 11.3 Å². The molecule has 0 aromatic heterocycles. The molecule has 1 amide bonds. The molecule has 0 radical (unpaired) electrons. The van der Waals surface area contributed by atoms with E-state index in [1.165, 1.54) is 0 Å². The maximum Gasteiger partial charge on any atom is 0.410 e. The highest BCUT2D eigenvalue weighted by atomic mass is 79.9. The van der Waals surface area contributed by atoms with Crippen LogP contribution in [0.5, 0.6) is 0 Å². The molecule has 128 valence electrons. The maximum atomic E-state index is 13.9. The Labute approximate surface area is 143 Å². The highest BCUT2D eigenvalue weighted by Gasteiger charge is 2.26. The molecule has 1 aromatic carbocycles. The number of amides is 1. The average Bonchev–Trinajstić information content (AvgIpc) is 2.46. The van der Waals surface area contributed by atoms with Gasteiger partial charge in [-0.1, -0.05) is 0 Å². The number of piperazine rings is 1. The SMILES string of the molecule is CC(C)(C)OC(=O)N1CCN(Cc2c(F)ccc(F)c2Br)CC1. The lowest BCUT2D eigenvalue weighted by atomic mass is 10.1. The number of rotatable bonds is 2. The molecule has 7 heteroatoms. The minimum atomic E-state index is -0.524. The second-order valence-corrected chi connectivity index (χ2v) is 7.36. The predicted octanol–water partition coefficient (Wildman–Crippen LogP) is 3.78. The Morgan fingerprint density at radius 2 is 1.74 bits per heavy atom. The molecule has 1 heterocycles. The second kappa shape index (κ2) is 7.13. The van der Waals surface area contributed by atoms with E-state index in [1.807, 2.05) is 25.7 Å². The van der Waals surface area contributed by atoms with E-state index in [-0.39, 0.29) is 10.6 Å². The molecule has 4 nitrogen and oxygen atoms in total. The predicted molar refractivity (Wildman–Crippen MR) is 87.1 cm³/mol. The van der Waals surface area contributed by atoms with Crippen molar-refractivity contribution in [2.75, 3.05) is 26.2 Å². The largest absolute Gasteiger partial charge is 0.444 e. The number of hydrogen-bond donors (Lipinski definition) is 0. The molecule has 0 saturated carbocycles. The molecule has 0 atom stereocenters. The molecule has 2 rings (SSSR count). The molecular formula is C16H21BrF2N2O2. The van der Waals surface area contributed by atoms with Gasteiger partial charge in [-0.05, 0) is 48.8 Å². The van der Waals surface area contributed by atoms with Gasteiger partial charge in [0.25, 0.3) is 0 Å². The van der Waals surface area contributed by atoms with Crippen LogP contribution in [0.25, 0.3) is 0 Å². The van der Waals surface area contributed by atoms with Crippen LogP contribution in [0.15, 0.2) is 16.6 Å². The number of nitrogens with zero attached hydrogens (tertiary/aromatic N) is 2. The van der Waals surface area contributed by atoms with Crippen LogP contribution in [0.2, 0.25) is 0 Å². The fourth-order valence-corrected chi connectivity index (χ4v) is 2.80. The number of benzene rings is 1. The monoisotopic (exact) mass is 390 g/mol. The zero-order valence-corrected chi connectivity index (χ0v) is 15.1. The van der Waals surface area contributed by atoms with Gasteiger partial charge in [0.2, 0.25) is 0 Å². The summed E-state index contributed by atoms with van der Waals surface area (Å²) in [5.41, 5.74) is -0.222. The Balaban J connectivity index is 1.93. The van der Waals surface area contributed by atoms with Crippen molar-refractivity contribution in [2.24, 2.45) is 0 Å². The third-order valence-corrected chi connectivity index (χ3v) is 4.40. The number of carbonyl (C=O) groups is 1. The van der Waals surface area contributed by atoms with E-state index in [2.05, 4.69) is 15.9 Å². The summed E-state index contributed by atoms with van der Waals surface area (Å²) >= 11 is 3.10. The van der Waals surface area contributed by atoms with E-state index in [0.29, 0.717) is 38.3 Å². The fraction of sp³-hybridized carbons (Fsp3) is 0.562. The van der Waals surface area contributed by atoms with Gasteiger partial charge in [0.15, 0.2) is 0 Å². The minimum Gasteiger partial charge on any atom is -0.444 e. The third kappa shape index (κ3) is 4.88. The van der Waals surface area contributed by atoms with E-state index in [4.69, 9.17) is 4.74 Å². The first-order chi connectivity index (χ1) is 10.7. The van der Waals surface area contributed by atoms with Crippen molar-refractivity contribution in [1.82, 2.24) is 9.80 Å². The van der Waals surface area contributed by atoms with Gasteiger partial charge >= 0.3 is 6.09 Å². The molecule has 0 N–H and O–H groups in total. The van der Waals surface area contributed by atoms with E-state index in [9.17, 15) is 13.6 Å². The van der Waals surface area contributed by atoms with Gasteiger partial charge < -0.3 is 9.64 Å². The van der Waals surface area contributed by atoms with E-state index in [0.717, 1.165) is 12.1 Å². The fourth-order valence-electron chi connectivity index (χ4n) is 2.35. The zero-order chi connectivity index (χ0) is 17.2. The Bertz CT molecular complexity index is 582. The smallest absolute Gasteiger partial charge is 0.410 e. The lowest BCUT2D eigenvalue weighted by molar-refractivity contribution is 0.0138. The van der Waals surface area contributed by atoms with Gasteiger partial charge in [0.05, 0.1) is 4.47 Å². The molecule has 0 bridgehead atoms. The summed E-state index contributed by atoms with van der Waals surface area (Å²) in [4.78, 5) is 15.6. The molecule has 1 fully saturated rings. The van der Waals surface area contributed by atoms with Crippen molar-refractivity contribution in [2.45, 2.75) is 32.9 Å². The Morgan fingerprint density at radius 3 is 2.30 bits per heavy atom.